The lowest BCUT2D eigenvalue weighted by molar-refractivity contribution is -0.111. The summed E-state index contributed by atoms with van der Waals surface area (Å²) in [7, 11) is 0. The molecule has 1 aliphatic rings. The van der Waals surface area contributed by atoms with Crippen LogP contribution in [0.25, 0.3) is 0 Å². The second kappa shape index (κ2) is 11.3. The van der Waals surface area contributed by atoms with E-state index in [1.807, 2.05) is 24.3 Å². The number of aromatic nitrogens is 2. The van der Waals surface area contributed by atoms with E-state index in [-0.39, 0.29) is 44.8 Å². The van der Waals surface area contributed by atoms with Crippen LogP contribution in [0.15, 0.2) is 60.8 Å². The number of allylic oxidation sites excluding steroid dienone is 1. The number of benzene rings is 2. The Hall–Kier alpha value is -3.82. The van der Waals surface area contributed by atoms with Gasteiger partial charge in [-0.3, -0.25) is 19.5 Å². The highest BCUT2D eigenvalue weighted by Gasteiger charge is 2.27. The fourth-order valence-corrected chi connectivity index (χ4v) is 4.48. The molecule has 2 aromatic carbocycles. The van der Waals surface area contributed by atoms with Crippen LogP contribution in [0, 0.1) is 0 Å². The number of nitrogens with one attached hydrogen (secondary N) is 4. The van der Waals surface area contributed by atoms with Crippen molar-refractivity contribution in [3.63, 3.8) is 0 Å². The van der Waals surface area contributed by atoms with E-state index in [2.05, 4.69) is 31.0 Å². The summed E-state index contributed by atoms with van der Waals surface area (Å²) < 4.78 is 0. The topological polar surface area (TPSA) is 119 Å². The number of amides is 3. The zero-order valence-corrected chi connectivity index (χ0v) is 20.9. The van der Waals surface area contributed by atoms with Crippen LogP contribution in [-0.2, 0) is 4.79 Å². The number of anilines is 3. The Balaban J connectivity index is 1.35. The number of carbonyl (C=O) groups is 3. The Bertz CT molecular complexity index is 1290. The maximum Gasteiger partial charge on any atom is 0.271 e. The summed E-state index contributed by atoms with van der Waals surface area (Å²) in [4.78, 5) is 39.5. The third-order valence-electron chi connectivity index (χ3n) is 5.65. The van der Waals surface area contributed by atoms with Crippen LogP contribution in [0.1, 0.15) is 34.2 Å². The molecule has 2 heterocycles. The van der Waals surface area contributed by atoms with Crippen molar-refractivity contribution in [2.45, 2.75) is 19.4 Å². The molecule has 0 unspecified atom stereocenters. The van der Waals surface area contributed by atoms with Crippen molar-refractivity contribution in [1.29, 1.82) is 0 Å². The minimum absolute atomic E-state index is 0.101. The van der Waals surface area contributed by atoms with Gasteiger partial charge in [0.05, 0.1) is 27.5 Å². The number of aromatic amines is 1. The van der Waals surface area contributed by atoms with E-state index < -0.39 is 5.91 Å². The predicted molar refractivity (Wildman–Crippen MR) is 141 cm³/mol. The molecule has 1 saturated heterocycles. The van der Waals surface area contributed by atoms with Crippen molar-refractivity contribution in [2.75, 3.05) is 28.6 Å². The van der Waals surface area contributed by atoms with Crippen LogP contribution in [0.4, 0.5) is 17.1 Å². The first kappa shape index (κ1) is 25.3. The fraction of sp³-hybridized carbons (Fsp3) is 0.200. The summed E-state index contributed by atoms with van der Waals surface area (Å²) in [6, 6.07) is 12.2. The van der Waals surface area contributed by atoms with Gasteiger partial charge >= 0.3 is 0 Å². The number of rotatable bonds is 7. The number of nitrogens with zero attached hydrogens (tertiary/aromatic N) is 2. The standard InChI is InChI=1S/C25H24Cl2N6O3/c1-2-4-21(34)29-15-7-9-17(10-8-15)33-12-11-16(14-33)30-25(36)23-20(13-28-32-23)31-24(35)22-18(26)5-3-6-19(22)27/h2-10,13,16H,11-12,14H2,1H3,(H,28,32)(H,29,34)(H,30,36)(H,31,35)/b4-2+/t16-/m1/s1. The van der Waals surface area contributed by atoms with Gasteiger partial charge < -0.3 is 20.9 Å². The average Bonchev–Trinajstić information content (AvgIpc) is 3.49. The molecule has 1 atom stereocenters. The van der Waals surface area contributed by atoms with Crippen molar-refractivity contribution in [1.82, 2.24) is 15.5 Å². The molecule has 0 bridgehead atoms. The quantitative estimate of drug-likeness (QED) is 0.338. The van der Waals surface area contributed by atoms with Crippen LogP contribution in [0.3, 0.4) is 0 Å². The molecule has 3 amide bonds. The Morgan fingerprint density at radius 1 is 1.06 bits per heavy atom. The molecule has 1 aromatic heterocycles. The van der Waals surface area contributed by atoms with Gasteiger partial charge in [0, 0.05) is 30.5 Å². The first-order valence-corrected chi connectivity index (χ1v) is 12.0. The van der Waals surface area contributed by atoms with Gasteiger partial charge in [-0.25, -0.2) is 0 Å². The number of H-pyrrole nitrogens is 1. The minimum atomic E-state index is -0.543. The Kier molecular flexibility index (Phi) is 7.92. The lowest BCUT2D eigenvalue weighted by atomic mass is 10.2. The van der Waals surface area contributed by atoms with Crippen LogP contribution < -0.4 is 20.9 Å². The molecule has 9 nitrogen and oxygen atoms in total. The van der Waals surface area contributed by atoms with E-state index in [4.69, 9.17) is 23.2 Å². The van der Waals surface area contributed by atoms with Gasteiger partial charge in [0.2, 0.25) is 5.91 Å². The predicted octanol–water partition coefficient (Wildman–Crippen LogP) is 4.49. The van der Waals surface area contributed by atoms with Gasteiger partial charge in [0.1, 0.15) is 5.69 Å². The summed E-state index contributed by atoms with van der Waals surface area (Å²) in [6.07, 6.45) is 5.24. The first-order valence-electron chi connectivity index (χ1n) is 11.2. The molecular weight excluding hydrogens is 503 g/mol. The van der Waals surface area contributed by atoms with E-state index in [1.165, 1.54) is 12.3 Å². The van der Waals surface area contributed by atoms with E-state index in [0.29, 0.717) is 12.2 Å². The van der Waals surface area contributed by atoms with Crippen molar-refractivity contribution >= 4 is 58.0 Å². The highest BCUT2D eigenvalue weighted by Crippen LogP contribution is 2.26. The lowest BCUT2D eigenvalue weighted by Gasteiger charge is -2.19. The molecule has 186 valence electrons. The lowest BCUT2D eigenvalue weighted by Crippen LogP contribution is -2.37. The molecule has 36 heavy (non-hydrogen) atoms. The van der Waals surface area contributed by atoms with Crippen molar-refractivity contribution < 1.29 is 14.4 Å². The molecule has 11 heteroatoms. The van der Waals surface area contributed by atoms with E-state index in [9.17, 15) is 14.4 Å². The third kappa shape index (κ3) is 5.87. The SMILES string of the molecule is C/C=C/C(=O)Nc1ccc(N2CC[C@@H](NC(=O)c3[nH]ncc3NC(=O)c3c(Cl)cccc3Cl)C2)cc1. The highest BCUT2D eigenvalue weighted by molar-refractivity contribution is 6.40. The third-order valence-corrected chi connectivity index (χ3v) is 6.28. The monoisotopic (exact) mass is 526 g/mol. The molecule has 0 spiro atoms. The number of hydrogen-bond acceptors (Lipinski definition) is 5. The van der Waals surface area contributed by atoms with Gasteiger partial charge in [-0.15, -0.1) is 0 Å². The van der Waals surface area contributed by atoms with E-state index in [1.54, 1.807) is 31.2 Å². The summed E-state index contributed by atoms with van der Waals surface area (Å²) in [5.74, 6) is -1.11. The van der Waals surface area contributed by atoms with Crippen molar-refractivity contribution in [3.8, 4) is 0 Å². The van der Waals surface area contributed by atoms with Crippen molar-refractivity contribution in [3.05, 3.63) is 82.1 Å². The highest BCUT2D eigenvalue weighted by atomic mass is 35.5. The normalized spacial score (nSPS) is 15.2. The Labute approximate surface area is 217 Å². The maximum absolute atomic E-state index is 12.9. The second-order valence-corrected chi connectivity index (χ2v) is 8.97. The summed E-state index contributed by atoms with van der Waals surface area (Å²) in [5, 5.41) is 15.4. The van der Waals surface area contributed by atoms with E-state index in [0.717, 1.165) is 18.7 Å². The average molecular weight is 527 g/mol. The molecule has 0 aliphatic carbocycles. The molecule has 4 N–H and O–H groups in total. The van der Waals surface area contributed by atoms with Crippen molar-refractivity contribution in [2.24, 2.45) is 0 Å². The van der Waals surface area contributed by atoms with Gasteiger partial charge in [0.25, 0.3) is 11.8 Å². The summed E-state index contributed by atoms with van der Waals surface area (Å²) >= 11 is 12.2. The molecule has 0 saturated carbocycles. The molecule has 1 fully saturated rings. The molecule has 4 rings (SSSR count). The molecule has 3 aromatic rings. The van der Waals surface area contributed by atoms with Gasteiger partial charge in [-0.2, -0.15) is 5.10 Å². The Morgan fingerprint density at radius 2 is 1.78 bits per heavy atom. The number of halogens is 2. The smallest absolute Gasteiger partial charge is 0.271 e. The number of hydrogen-bond donors (Lipinski definition) is 4. The zero-order chi connectivity index (χ0) is 25.7. The fourth-order valence-electron chi connectivity index (χ4n) is 3.91. The largest absolute Gasteiger partial charge is 0.369 e. The van der Waals surface area contributed by atoms with Crippen LogP contribution in [0.5, 0.6) is 0 Å². The first-order chi connectivity index (χ1) is 17.4. The Morgan fingerprint density at radius 3 is 2.47 bits per heavy atom. The van der Waals surface area contributed by atoms with Gasteiger partial charge in [0.15, 0.2) is 0 Å². The molecule has 1 aliphatic heterocycles. The van der Waals surface area contributed by atoms with Gasteiger partial charge in [-0.1, -0.05) is 35.3 Å². The molecular formula is C25H24Cl2N6O3. The second-order valence-electron chi connectivity index (χ2n) is 8.15. The van der Waals surface area contributed by atoms with Crippen LogP contribution in [-0.4, -0.2) is 47.1 Å². The number of carbonyl (C=O) groups excluding carboxylic acids is 3. The summed E-state index contributed by atoms with van der Waals surface area (Å²) in [6.45, 7) is 3.15. The van der Waals surface area contributed by atoms with Gasteiger partial charge in [-0.05, 0) is 55.8 Å². The van der Waals surface area contributed by atoms with Crippen LogP contribution >= 0.6 is 23.2 Å². The van der Waals surface area contributed by atoms with Crippen LogP contribution in [0.2, 0.25) is 10.0 Å². The summed E-state index contributed by atoms with van der Waals surface area (Å²) in [5.41, 5.74) is 2.16. The molecule has 0 radical (unpaired) electrons. The van der Waals surface area contributed by atoms with E-state index >= 15 is 0 Å². The maximum atomic E-state index is 12.9. The minimum Gasteiger partial charge on any atom is -0.369 e. The zero-order valence-electron chi connectivity index (χ0n) is 19.3.